The number of carbonyl (C=O) groups is 2. The smallest absolute Gasteiger partial charge is 0.306 e. The van der Waals surface area contributed by atoms with Gasteiger partial charge in [0, 0.05) is 11.6 Å². The highest BCUT2D eigenvalue weighted by Gasteiger charge is 2.39. The van der Waals surface area contributed by atoms with Crippen molar-refractivity contribution in [1.82, 2.24) is 9.73 Å². The SMILES string of the molecule is O=C(O)CCOc1ccc(/C=N\NC(=O)[C@H]2CCCN2S(=O)(=O)c2ccc(Cl)cc2)cc1. The van der Waals surface area contributed by atoms with Crippen LogP contribution >= 0.6 is 11.6 Å². The number of carboxylic acids is 1. The lowest BCUT2D eigenvalue weighted by Crippen LogP contribution is -2.44. The fourth-order valence-corrected chi connectivity index (χ4v) is 4.97. The zero-order valence-electron chi connectivity index (χ0n) is 17.0. The van der Waals surface area contributed by atoms with E-state index in [4.69, 9.17) is 21.4 Å². The summed E-state index contributed by atoms with van der Waals surface area (Å²) in [5, 5.41) is 13.0. The molecule has 1 heterocycles. The van der Waals surface area contributed by atoms with Crippen LogP contribution in [0.5, 0.6) is 5.75 Å². The van der Waals surface area contributed by atoms with Crippen molar-refractivity contribution in [2.75, 3.05) is 13.2 Å². The zero-order valence-corrected chi connectivity index (χ0v) is 18.6. The Morgan fingerprint density at radius 3 is 2.53 bits per heavy atom. The molecule has 1 aliphatic rings. The quantitative estimate of drug-likeness (QED) is 0.420. The second-order valence-corrected chi connectivity index (χ2v) is 9.35. The van der Waals surface area contributed by atoms with E-state index in [1.807, 2.05) is 0 Å². The summed E-state index contributed by atoms with van der Waals surface area (Å²) in [6, 6.07) is 11.7. The summed E-state index contributed by atoms with van der Waals surface area (Å²) in [4.78, 5) is 23.2. The highest BCUT2D eigenvalue weighted by Crippen LogP contribution is 2.27. The lowest BCUT2D eigenvalue weighted by molar-refractivity contribution is -0.137. The number of nitrogens with zero attached hydrogens (tertiary/aromatic N) is 2. The molecule has 0 saturated carbocycles. The van der Waals surface area contributed by atoms with Gasteiger partial charge in [0.05, 0.1) is 24.1 Å². The summed E-state index contributed by atoms with van der Waals surface area (Å²) in [5.41, 5.74) is 3.08. The van der Waals surface area contributed by atoms with Crippen LogP contribution in [-0.2, 0) is 19.6 Å². The van der Waals surface area contributed by atoms with Crippen LogP contribution in [0.15, 0.2) is 58.5 Å². The van der Waals surface area contributed by atoms with Crippen molar-refractivity contribution in [2.24, 2.45) is 5.10 Å². The van der Waals surface area contributed by atoms with Gasteiger partial charge in [-0.1, -0.05) is 11.6 Å². The first-order chi connectivity index (χ1) is 15.3. The van der Waals surface area contributed by atoms with E-state index in [9.17, 15) is 18.0 Å². The maximum absolute atomic E-state index is 12.9. The third-order valence-electron chi connectivity index (χ3n) is 4.78. The summed E-state index contributed by atoms with van der Waals surface area (Å²) >= 11 is 5.83. The molecule has 170 valence electrons. The van der Waals surface area contributed by atoms with Gasteiger partial charge in [0.25, 0.3) is 5.91 Å². The van der Waals surface area contributed by atoms with E-state index in [2.05, 4.69) is 10.5 Å². The summed E-state index contributed by atoms with van der Waals surface area (Å²) in [5.74, 6) is -0.933. The Bertz CT molecular complexity index is 1090. The number of nitrogens with one attached hydrogen (secondary N) is 1. The minimum atomic E-state index is -3.83. The number of amides is 1. The number of hydrogen-bond donors (Lipinski definition) is 2. The topological polar surface area (TPSA) is 125 Å². The van der Waals surface area contributed by atoms with Crippen LogP contribution in [0.2, 0.25) is 5.02 Å². The molecule has 0 aromatic heterocycles. The van der Waals surface area contributed by atoms with Crippen molar-refractivity contribution in [3.8, 4) is 5.75 Å². The molecule has 3 rings (SSSR count). The Morgan fingerprint density at radius 1 is 1.19 bits per heavy atom. The van der Waals surface area contributed by atoms with Crippen molar-refractivity contribution < 1.29 is 27.9 Å². The number of rotatable bonds is 9. The van der Waals surface area contributed by atoms with Gasteiger partial charge in [0.1, 0.15) is 11.8 Å². The number of carbonyl (C=O) groups excluding carboxylic acids is 1. The Morgan fingerprint density at radius 2 is 1.88 bits per heavy atom. The molecule has 2 aromatic rings. The predicted octanol–water partition coefficient (Wildman–Crippen LogP) is 2.50. The number of ether oxygens (including phenoxy) is 1. The largest absolute Gasteiger partial charge is 0.493 e. The molecule has 0 unspecified atom stereocenters. The first kappa shape index (κ1) is 23.7. The number of carboxylic acid groups (broad SMARTS) is 1. The number of sulfonamides is 1. The van der Waals surface area contributed by atoms with Gasteiger partial charge >= 0.3 is 5.97 Å². The summed E-state index contributed by atoms with van der Waals surface area (Å²) in [6.45, 7) is 0.311. The van der Waals surface area contributed by atoms with Crippen LogP contribution < -0.4 is 10.2 Å². The number of hydrogen-bond acceptors (Lipinski definition) is 6. The van der Waals surface area contributed by atoms with E-state index >= 15 is 0 Å². The predicted molar refractivity (Wildman–Crippen MR) is 118 cm³/mol. The Kier molecular flexibility index (Phi) is 7.84. The first-order valence-corrected chi connectivity index (χ1v) is 11.6. The molecule has 2 aromatic carbocycles. The van der Waals surface area contributed by atoms with Gasteiger partial charge in [-0.2, -0.15) is 9.41 Å². The molecule has 1 aliphatic heterocycles. The van der Waals surface area contributed by atoms with Gasteiger partial charge in [-0.3, -0.25) is 9.59 Å². The molecule has 0 aliphatic carbocycles. The van der Waals surface area contributed by atoms with Crippen molar-refractivity contribution in [3.05, 3.63) is 59.1 Å². The molecule has 1 atom stereocenters. The lowest BCUT2D eigenvalue weighted by atomic mass is 10.2. The monoisotopic (exact) mass is 479 g/mol. The number of hydrazone groups is 1. The number of benzene rings is 2. The van der Waals surface area contributed by atoms with Gasteiger partial charge < -0.3 is 9.84 Å². The normalized spacial score (nSPS) is 16.8. The summed E-state index contributed by atoms with van der Waals surface area (Å²) in [7, 11) is -3.83. The third-order valence-corrected chi connectivity index (χ3v) is 6.95. The van der Waals surface area contributed by atoms with Crippen LogP contribution in [0.3, 0.4) is 0 Å². The zero-order chi connectivity index (χ0) is 23.1. The Labute approximate surface area is 190 Å². The van der Waals surface area contributed by atoms with Crippen molar-refractivity contribution in [2.45, 2.75) is 30.2 Å². The summed E-state index contributed by atoms with van der Waals surface area (Å²) < 4.78 is 32.3. The number of halogens is 1. The molecule has 0 radical (unpaired) electrons. The van der Waals surface area contributed by atoms with Crippen LogP contribution in [0.1, 0.15) is 24.8 Å². The fraction of sp³-hybridized carbons (Fsp3) is 0.286. The molecule has 11 heteroatoms. The average molecular weight is 480 g/mol. The molecule has 1 fully saturated rings. The van der Waals surface area contributed by atoms with E-state index in [1.54, 1.807) is 24.3 Å². The van der Waals surface area contributed by atoms with Gasteiger partial charge in [-0.15, -0.1) is 0 Å². The second-order valence-electron chi connectivity index (χ2n) is 7.02. The minimum Gasteiger partial charge on any atom is -0.493 e. The van der Waals surface area contributed by atoms with Crippen LogP contribution in [0.25, 0.3) is 0 Å². The molecule has 32 heavy (non-hydrogen) atoms. The lowest BCUT2D eigenvalue weighted by Gasteiger charge is -2.22. The maximum atomic E-state index is 12.9. The van der Waals surface area contributed by atoms with Crippen molar-refractivity contribution in [1.29, 1.82) is 0 Å². The van der Waals surface area contributed by atoms with Crippen LogP contribution in [0.4, 0.5) is 0 Å². The Balaban J connectivity index is 1.58. The number of aliphatic carboxylic acids is 1. The fourth-order valence-electron chi connectivity index (χ4n) is 3.18. The molecule has 0 bridgehead atoms. The first-order valence-electron chi connectivity index (χ1n) is 9.82. The van der Waals surface area contributed by atoms with Gasteiger partial charge in [0.2, 0.25) is 10.0 Å². The van der Waals surface area contributed by atoms with Gasteiger partial charge in [-0.05, 0) is 66.9 Å². The van der Waals surface area contributed by atoms with Crippen LogP contribution in [0, 0.1) is 0 Å². The molecule has 1 saturated heterocycles. The molecular formula is C21H22ClN3O6S. The highest BCUT2D eigenvalue weighted by atomic mass is 35.5. The van der Waals surface area contributed by atoms with E-state index in [1.165, 1.54) is 34.8 Å². The minimum absolute atomic E-state index is 0.0651. The van der Waals surface area contributed by atoms with Gasteiger partial charge in [0.15, 0.2) is 0 Å². The summed E-state index contributed by atoms with van der Waals surface area (Å²) in [6.07, 6.45) is 2.29. The Hall–Kier alpha value is -2.95. The molecule has 0 spiro atoms. The van der Waals surface area contributed by atoms with E-state index in [0.29, 0.717) is 29.2 Å². The highest BCUT2D eigenvalue weighted by molar-refractivity contribution is 7.89. The van der Waals surface area contributed by atoms with Crippen molar-refractivity contribution in [3.63, 3.8) is 0 Å². The van der Waals surface area contributed by atoms with Crippen molar-refractivity contribution >= 4 is 39.7 Å². The second kappa shape index (κ2) is 10.6. The standard InChI is InChI=1S/C21H22ClN3O6S/c22-16-5-9-18(10-6-16)32(29,30)25-12-1-2-19(25)21(28)24-23-14-15-3-7-17(8-4-15)31-13-11-20(26)27/h3-10,14,19H,1-2,11-13H2,(H,24,28)(H,26,27)/b23-14-/t19-/m1/s1. The average Bonchev–Trinajstić information content (AvgIpc) is 3.26. The molecule has 2 N–H and O–H groups in total. The molecule has 1 amide bonds. The molecule has 9 nitrogen and oxygen atoms in total. The van der Waals surface area contributed by atoms with E-state index in [-0.39, 0.29) is 24.5 Å². The van der Waals surface area contributed by atoms with E-state index < -0.39 is 27.9 Å². The maximum Gasteiger partial charge on any atom is 0.306 e. The van der Waals surface area contributed by atoms with E-state index in [0.717, 1.165) is 0 Å². The van der Waals surface area contributed by atoms with Crippen LogP contribution in [-0.4, -0.2) is 55.1 Å². The van der Waals surface area contributed by atoms with Gasteiger partial charge in [-0.25, -0.2) is 13.8 Å². The third kappa shape index (κ3) is 6.06. The molecular weight excluding hydrogens is 458 g/mol.